The number of anilines is 1. The Morgan fingerprint density at radius 3 is 2.63 bits per heavy atom. The van der Waals surface area contributed by atoms with Gasteiger partial charge in [-0.25, -0.2) is 14.6 Å². The number of hydrogen-bond acceptors (Lipinski definition) is 7. The minimum Gasteiger partial charge on any atom is -0.450 e. The summed E-state index contributed by atoms with van der Waals surface area (Å²) in [5.41, 5.74) is -3.40. The fourth-order valence-corrected chi connectivity index (χ4v) is 2.42. The van der Waals surface area contributed by atoms with Gasteiger partial charge in [0.25, 0.3) is 11.5 Å². The number of aromatic nitrogens is 3. The van der Waals surface area contributed by atoms with Crippen molar-refractivity contribution in [3.8, 4) is 0 Å². The molecule has 2 aromatic heterocycles. The molecule has 2 amide bonds. The van der Waals surface area contributed by atoms with E-state index in [-0.39, 0.29) is 30.5 Å². The van der Waals surface area contributed by atoms with Gasteiger partial charge in [0.05, 0.1) is 17.2 Å². The first-order valence-corrected chi connectivity index (χ1v) is 8.69. The summed E-state index contributed by atoms with van der Waals surface area (Å²) in [7, 11) is 0. The van der Waals surface area contributed by atoms with E-state index in [1.54, 1.807) is 0 Å². The van der Waals surface area contributed by atoms with E-state index in [4.69, 9.17) is 11.6 Å². The third-order valence-corrected chi connectivity index (χ3v) is 3.85. The molecule has 0 aliphatic heterocycles. The van der Waals surface area contributed by atoms with E-state index in [1.807, 2.05) is 10.3 Å². The molecule has 14 heteroatoms. The summed E-state index contributed by atoms with van der Waals surface area (Å²) in [5, 5.41) is 4.18. The van der Waals surface area contributed by atoms with Crippen LogP contribution in [0.25, 0.3) is 0 Å². The van der Waals surface area contributed by atoms with Gasteiger partial charge in [-0.15, -0.1) is 0 Å². The summed E-state index contributed by atoms with van der Waals surface area (Å²) in [6.07, 6.45) is -4.14. The normalized spacial score (nSPS) is 11.1. The van der Waals surface area contributed by atoms with E-state index in [1.165, 1.54) is 6.92 Å². The lowest BCUT2D eigenvalue weighted by Crippen LogP contribution is -2.39. The van der Waals surface area contributed by atoms with Crippen LogP contribution < -0.4 is 21.9 Å². The second kappa shape index (κ2) is 9.43. The van der Waals surface area contributed by atoms with Gasteiger partial charge >= 0.3 is 18.0 Å². The highest BCUT2D eigenvalue weighted by Crippen LogP contribution is 2.32. The molecule has 0 fully saturated rings. The van der Waals surface area contributed by atoms with Crippen molar-refractivity contribution >= 4 is 29.4 Å². The molecule has 3 N–H and O–H groups in total. The number of carbonyl (C=O) groups excluding carboxylic acids is 2. The summed E-state index contributed by atoms with van der Waals surface area (Å²) in [4.78, 5) is 52.5. The van der Waals surface area contributed by atoms with Crippen LogP contribution in [0.4, 0.5) is 23.8 Å². The van der Waals surface area contributed by atoms with E-state index in [0.717, 1.165) is 10.8 Å². The Hall–Kier alpha value is -3.35. The topological polar surface area (TPSA) is 135 Å². The average Bonchev–Trinajstić information content (AvgIpc) is 2.63. The SMILES string of the molecule is CCOC(=O)NC(=O)c1cn(CCNc2ncc(C(F)(F)F)cc2Cl)c(=O)[nH]c1=O. The monoisotopic (exact) mass is 449 g/mol. The van der Waals surface area contributed by atoms with Crippen LogP contribution in [0.3, 0.4) is 0 Å². The molecule has 0 aromatic carbocycles. The summed E-state index contributed by atoms with van der Waals surface area (Å²) in [5.74, 6) is -1.13. The van der Waals surface area contributed by atoms with Gasteiger partial charge in [0.1, 0.15) is 11.4 Å². The number of alkyl halides is 3. The lowest BCUT2D eigenvalue weighted by molar-refractivity contribution is -0.137. The van der Waals surface area contributed by atoms with Crippen LogP contribution in [-0.2, 0) is 17.5 Å². The minimum absolute atomic E-state index is 0.00117. The molecule has 0 spiro atoms. The van der Waals surface area contributed by atoms with E-state index in [0.29, 0.717) is 12.3 Å². The minimum atomic E-state index is -4.60. The summed E-state index contributed by atoms with van der Waals surface area (Å²) in [6.45, 7) is 1.36. The van der Waals surface area contributed by atoms with Gasteiger partial charge in [-0.2, -0.15) is 13.2 Å². The number of ether oxygens (including phenoxy) is 1. The first-order chi connectivity index (χ1) is 14.0. The Bertz CT molecular complexity index is 1070. The summed E-state index contributed by atoms with van der Waals surface area (Å²) in [6, 6.07) is 0.695. The standard InChI is InChI=1S/C16H15ClF3N5O5/c1-2-30-15(29)24-13(27)9-7-25(14(28)23-12(9)26)4-3-21-11-10(17)5-8(6-22-11)16(18,19)20/h5-7H,2-4H2,1H3,(H,21,22)(H,23,26,28)(H,24,27,29). The molecule has 0 aliphatic rings. The highest BCUT2D eigenvalue weighted by atomic mass is 35.5. The molecular formula is C16H15ClF3N5O5. The van der Waals surface area contributed by atoms with Gasteiger partial charge in [-0.3, -0.25) is 24.5 Å². The van der Waals surface area contributed by atoms with Gasteiger partial charge in [0.2, 0.25) is 0 Å². The van der Waals surface area contributed by atoms with Crippen LogP contribution in [0.1, 0.15) is 22.8 Å². The van der Waals surface area contributed by atoms with Crippen molar-refractivity contribution in [2.45, 2.75) is 19.6 Å². The number of alkyl carbamates (subject to hydrolysis) is 1. The molecule has 2 aromatic rings. The number of aromatic amines is 1. The maximum absolute atomic E-state index is 12.6. The number of nitrogens with one attached hydrogen (secondary N) is 3. The zero-order valence-electron chi connectivity index (χ0n) is 15.3. The smallest absolute Gasteiger partial charge is 0.417 e. The molecule has 0 aliphatic carbocycles. The highest BCUT2D eigenvalue weighted by molar-refractivity contribution is 6.32. The number of carbonyl (C=O) groups is 2. The van der Waals surface area contributed by atoms with Crippen LogP contribution >= 0.6 is 11.6 Å². The Morgan fingerprint density at radius 1 is 1.33 bits per heavy atom. The van der Waals surface area contributed by atoms with Crippen LogP contribution in [-0.4, -0.2) is 39.7 Å². The largest absolute Gasteiger partial charge is 0.450 e. The third kappa shape index (κ3) is 5.83. The zero-order chi connectivity index (χ0) is 22.5. The van der Waals surface area contributed by atoms with Gasteiger partial charge in [0, 0.05) is 25.5 Å². The Balaban J connectivity index is 2.10. The van der Waals surface area contributed by atoms with Crippen molar-refractivity contribution < 1.29 is 27.5 Å². The van der Waals surface area contributed by atoms with Crippen LogP contribution in [0.15, 0.2) is 28.0 Å². The van der Waals surface area contributed by atoms with E-state index >= 15 is 0 Å². The molecule has 30 heavy (non-hydrogen) atoms. The zero-order valence-corrected chi connectivity index (χ0v) is 16.1. The number of pyridine rings is 1. The summed E-state index contributed by atoms with van der Waals surface area (Å²) >= 11 is 5.77. The van der Waals surface area contributed by atoms with Crippen molar-refractivity contribution in [2.75, 3.05) is 18.5 Å². The quantitative estimate of drug-likeness (QED) is 0.609. The van der Waals surface area contributed by atoms with E-state index in [2.05, 4.69) is 15.0 Å². The number of amides is 2. The van der Waals surface area contributed by atoms with Crippen molar-refractivity contribution in [3.63, 3.8) is 0 Å². The first kappa shape index (κ1) is 22.9. The molecule has 0 radical (unpaired) electrons. The number of rotatable bonds is 6. The Morgan fingerprint density at radius 2 is 2.03 bits per heavy atom. The number of hydrogen-bond donors (Lipinski definition) is 3. The average molecular weight is 450 g/mol. The van der Waals surface area contributed by atoms with Gasteiger partial charge < -0.3 is 10.1 Å². The van der Waals surface area contributed by atoms with Crippen molar-refractivity contribution in [1.82, 2.24) is 19.9 Å². The predicted octanol–water partition coefficient (Wildman–Crippen LogP) is 1.60. The molecular weight excluding hydrogens is 435 g/mol. The second-order valence-corrected chi connectivity index (χ2v) is 6.06. The van der Waals surface area contributed by atoms with Crippen molar-refractivity contribution in [3.05, 3.63) is 55.4 Å². The van der Waals surface area contributed by atoms with Gasteiger partial charge in [0.15, 0.2) is 0 Å². The van der Waals surface area contributed by atoms with E-state index < -0.39 is 40.6 Å². The fraction of sp³-hybridized carbons (Fsp3) is 0.312. The molecule has 2 rings (SSSR count). The number of imide groups is 1. The first-order valence-electron chi connectivity index (χ1n) is 8.31. The number of H-pyrrole nitrogens is 1. The molecule has 0 saturated heterocycles. The number of nitrogens with zero attached hydrogens (tertiary/aromatic N) is 2. The maximum Gasteiger partial charge on any atom is 0.417 e. The van der Waals surface area contributed by atoms with Crippen molar-refractivity contribution in [2.24, 2.45) is 0 Å². The molecule has 2 heterocycles. The molecule has 162 valence electrons. The van der Waals surface area contributed by atoms with Crippen molar-refractivity contribution in [1.29, 1.82) is 0 Å². The highest BCUT2D eigenvalue weighted by Gasteiger charge is 2.31. The van der Waals surface area contributed by atoms with Gasteiger partial charge in [-0.1, -0.05) is 11.6 Å². The van der Waals surface area contributed by atoms with E-state index in [9.17, 15) is 32.3 Å². The Labute approximate surface area is 171 Å². The molecule has 0 unspecified atom stereocenters. The van der Waals surface area contributed by atoms with Crippen LogP contribution in [0.2, 0.25) is 5.02 Å². The lowest BCUT2D eigenvalue weighted by atomic mass is 10.3. The fourth-order valence-electron chi connectivity index (χ4n) is 2.18. The molecule has 10 nitrogen and oxygen atoms in total. The predicted molar refractivity (Wildman–Crippen MR) is 98.5 cm³/mol. The molecule has 0 atom stereocenters. The summed E-state index contributed by atoms with van der Waals surface area (Å²) < 4.78 is 43.4. The second-order valence-electron chi connectivity index (χ2n) is 5.65. The van der Waals surface area contributed by atoms with Crippen LogP contribution in [0, 0.1) is 0 Å². The third-order valence-electron chi connectivity index (χ3n) is 3.56. The number of halogens is 4. The maximum atomic E-state index is 12.6. The Kier molecular flexibility index (Phi) is 7.21. The lowest BCUT2D eigenvalue weighted by Gasteiger charge is -2.12. The molecule has 0 saturated carbocycles. The van der Waals surface area contributed by atoms with Crippen LogP contribution in [0.5, 0.6) is 0 Å². The molecule has 0 bridgehead atoms. The van der Waals surface area contributed by atoms with Gasteiger partial charge in [-0.05, 0) is 13.0 Å².